The van der Waals surface area contributed by atoms with Gasteiger partial charge in [-0.2, -0.15) is 18.2 Å². The molecule has 174 valence electrons. The Bertz CT molecular complexity index is 1340. The number of aryl methyl sites for hydroxylation is 3. The molecular weight excluding hydrogens is 435 g/mol. The second-order valence-electron chi connectivity index (χ2n) is 7.90. The van der Waals surface area contributed by atoms with Crippen LogP contribution in [0.1, 0.15) is 54.9 Å². The van der Waals surface area contributed by atoms with Gasteiger partial charge in [0.2, 0.25) is 5.91 Å². The highest BCUT2D eigenvalue weighted by Crippen LogP contribution is 2.27. The van der Waals surface area contributed by atoms with E-state index in [1.807, 2.05) is 38.1 Å². The molecule has 11 heteroatoms. The number of hydrogen-bond donors (Lipinski definition) is 1. The Hall–Kier alpha value is -3.50. The topological polar surface area (TPSA) is 90.0 Å². The predicted octanol–water partition coefficient (Wildman–Crippen LogP) is 3.94. The number of amides is 1. The van der Waals surface area contributed by atoms with Crippen molar-refractivity contribution in [2.75, 3.05) is 0 Å². The van der Waals surface area contributed by atoms with Crippen LogP contribution in [0.4, 0.5) is 13.2 Å². The van der Waals surface area contributed by atoms with Crippen molar-refractivity contribution in [3.63, 3.8) is 0 Å². The van der Waals surface area contributed by atoms with Gasteiger partial charge >= 0.3 is 6.18 Å². The Kier molecular flexibility index (Phi) is 5.81. The van der Waals surface area contributed by atoms with E-state index in [9.17, 15) is 18.0 Å². The van der Waals surface area contributed by atoms with E-state index in [1.54, 1.807) is 13.8 Å². The molecule has 4 rings (SSSR count). The molecule has 0 aliphatic heterocycles. The van der Waals surface area contributed by atoms with E-state index in [-0.39, 0.29) is 24.1 Å². The number of alkyl halides is 3. The first-order valence-electron chi connectivity index (χ1n) is 10.6. The summed E-state index contributed by atoms with van der Waals surface area (Å²) in [6.07, 6.45) is -4.20. The molecule has 0 saturated carbocycles. The lowest BCUT2D eigenvalue weighted by Crippen LogP contribution is -2.29. The summed E-state index contributed by atoms with van der Waals surface area (Å²) in [5.41, 5.74) is 3.55. The number of benzene rings is 1. The van der Waals surface area contributed by atoms with Crippen molar-refractivity contribution in [1.82, 2.24) is 34.4 Å². The third-order valence-electron chi connectivity index (χ3n) is 5.67. The molecule has 4 aromatic rings. The molecule has 0 fully saturated rings. The van der Waals surface area contributed by atoms with Crippen LogP contribution in [0.2, 0.25) is 0 Å². The fourth-order valence-corrected chi connectivity index (χ4v) is 4.06. The van der Waals surface area contributed by atoms with Gasteiger partial charge < -0.3 is 9.88 Å². The third kappa shape index (κ3) is 4.27. The Morgan fingerprint density at radius 1 is 1.15 bits per heavy atom. The minimum absolute atomic E-state index is 0.113. The zero-order valence-electron chi connectivity index (χ0n) is 18.7. The van der Waals surface area contributed by atoms with E-state index in [0.29, 0.717) is 23.4 Å². The molecule has 0 aliphatic rings. The van der Waals surface area contributed by atoms with Crippen molar-refractivity contribution in [3.8, 4) is 0 Å². The molecule has 0 radical (unpaired) electrons. The summed E-state index contributed by atoms with van der Waals surface area (Å²) in [6, 6.07) is 7.49. The molecule has 1 atom stereocenters. The third-order valence-corrected chi connectivity index (χ3v) is 5.67. The Morgan fingerprint density at radius 3 is 2.58 bits per heavy atom. The molecule has 1 aromatic carbocycles. The molecule has 0 bridgehead atoms. The highest BCUT2D eigenvalue weighted by molar-refractivity contribution is 5.78. The smallest absolute Gasteiger partial charge is 0.346 e. The van der Waals surface area contributed by atoms with Crippen molar-refractivity contribution in [2.45, 2.75) is 59.3 Å². The van der Waals surface area contributed by atoms with Gasteiger partial charge in [0.05, 0.1) is 17.1 Å². The lowest BCUT2D eigenvalue weighted by molar-refractivity contribution is -0.144. The summed E-state index contributed by atoms with van der Waals surface area (Å²) in [4.78, 5) is 25.0. The van der Waals surface area contributed by atoms with Crippen molar-refractivity contribution < 1.29 is 18.0 Å². The maximum absolute atomic E-state index is 13.0. The van der Waals surface area contributed by atoms with Crippen LogP contribution >= 0.6 is 0 Å². The van der Waals surface area contributed by atoms with Gasteiger partial charge in [0.1, 0.15) is 5.82 Å². The van der Waals surface area contributed by atoms with Crippen molar-refractivity contribution in [1.29, 1.82) is 0 Å². The summed E-state index contributed by atoms with van der Waals surface area (Å²) in [5, 5.41) is 6.52. The van der Waals surface area contributed by atoms with Crippen LogP contribution in [0.25, 0.3) is 16.8 Å². The maximum atomic E-state index is 13.0. The van der Waals surface area contributed by atoms with Crippen LogP contribution in [0.5, 0.6) is 0 Å². The summed E-state index contributed by atoms with van der Waals surface area (Å²) in [7, 11) is 0. The quantitative estimate of drug-likeness (QED) is 0.472. The number of rotatable bonds is 6. The van der Waals surface area contributed by atoms with Crippen LogP contribution in [-0.4, -0.2) is 35.0 Å². The van der Waals surface area contributed by atoms with E-state index in [2.05, 4.69) is 29.9 Å². The van der Waals surface area contributed by atoms with Gasteiger partial charge in [0.25, 0.3) is 11.6 Å². The Balaban J connectivity index is 1.50. The van der Waals surface area contributed by atoms with Crippen molar-refractivity contribution >= 4 is 22.7 Å². The zero-order valence-corrected chi connectivity index (χ0v) is 18.7. The first-order chi connectivity index (χ1) is 15.6. The standard InChI is InChI=1S/C22H24F3N7O/c1-5-31-17-9-7-6-8-16(17)28-19(31)13(3)26-18(33)11-10-15-12(2)27-21-29-20(22(23,24)25)30-32(21)14(15)4/h6-9,13H,5,10-11H2,1-4H3,(H,26,33). The highest BCUT2D eigenvalue weighted by atomic mass is 19.4. The predicted molar refractivity (Wildman–Crippen MR) is 116 cm³/mol. The number of nitrogens with one attached hydrogen (secondary N) is 1. The van der Waals surface area contributed by atoms with E-state index < -0.39 is 12.0 Å². The largest absolute Gasteiger partial charge is 0.453 e. The number of nitrogens with zero attached hydrogens (tertiary/aromatic N) is 6. The first-order valence-corrected chi connectivity index (χ1v) is 10.6. The lowest BCUT2D eigenvalue weighted by atomic mass is 10.1. The molecule has 3 heterocycles. The second kappa shape index (κ2) is 8.45. The second-order valence-corrected chi connectivity index (χ2v) is 7.90. The van der Waals surface area contributed by atoms with E-state index in [0.717, 1.165) is 27.9 Å². The molecule has 33 heavy (non-hydrogen) atoms. The van der Waals surface area contributed by atoms with Gasteiger partial charge in [-0.3, -0.25) is 4.79 Å². The van der Waals surface area contributed by atoms with Gasteiger partial charge in [-0.15, -0.1) is 5.10 Å². The fourth-order valence-electron chi connectivity index (χ4n) is 4.06. The zero-order chi connectivity index (χ0) is 23.9. The summed E-state index contributed by atoms with van der Waals surface area (Å²) < 4.78 is 42.1. The van der Waals surface area contributed by atoms with Crippen LogP contribution in [0.15, 0.2) is 24.3 Å². The molecule has 0 saturated heterocycles. The number of carbonyl (C=O) groups is 1. The molecule has 8 nitrogen and oxygen atoms in total. The number of fused-ring (bicyclic) bond motifs is 2. The number of hydrogen-bond acceptors (Lipinski definition) is 5. The Labute approximate surface area is 187 Å². The average Bonchev–Trinajstić information content (AvgIpc) is 3.35. The number of aromatic nitrogens is 6. The SMILES string of the molecule is CCn1c(C(C)NC(=O)CCc2c(C)nc3nc(C(F)(F)F)nn3c2C)nc2ccccc21. The maximum Gasteiger partial charge on any atom is 0.453 e. The monoisotopic (exact) mass is 459 g/mol. The lowest BCUT2D eigenvalue weighted by Gasteiger charge is -2.16. The van der Waals surface area contributed by atoms with Crippen LogP contribution in [-0.2, 0) is 23.9 Å². The number of halogens is 3. The summed E-state index contributed by atoms with van der Waals surface area (Å²) in [6.45, 7) is 7.96. The molecule has 1 amide bonds. The van der Waals surface area contributed by atoms with Gasteiger partial charge in [0.15, 0.2) is 0 Å². The molecule has 0 aliphatic carbocycles. The van der Waals surface area contributed by atoms with Crippen LogP contribution < -0.4 is 5.32 Å². The summed E-state index contributed by atoms with van der Waals surface area (Å²) in [5.74, 6) is -0.770. The van der Waals surface area contributed by atoms with Crippen molar-refractivity contribution in [3.05, 3.63) is 52.9 Å². The average molecular weight is 459 g/mol. The Morgan fingerprint density at radius 2 is 1.88 bits per heavy atom. The minimum Gasteiger partial charge on any atom is -0.346 e. The van der Waals surface area contributed by atoms with Gasteiger partial charge in [-0.1, -0.05) is 12.1 Å². The van der Waals surface area contributed by atoms with Crippen LogP contribution in [0, 0.1) is 13.8 Å². The number of carbonyl (C=O) groups excluding carboxylic acids is 1. The molecular formula is C22H24F3N7O. The number of para-hydroxylation sites is 2. The van der Waals surface area contributed by atoms with E-state index >= 15 is 0 Å². The summed E-state index contributed by atoms with van der Waals surface area (Å²) >= 11 is 0. The molecule has 0 spiro atoms. The highest BCUT2D eigenvalue weighted by Gasteiger charge is 2.37. The van der Waals surface area contributed by atoms with E-state index in [4.69, 9.17) is 0 Å². The van der Waals surface area contributed by atoms with Gasteiger partial charge in [-0.05, 0) is 51.8 Å². The van der Waals surface area contributed by atoms with Gasteiger partial charge in [0, 0.05) is 24.4 Å². The minimum atomic E-state index is -4.65. The fraction of sp³-hybridized carbons (Fsp3) is 0.409. The number of imidazole rings is 1. The molecule has 1 unspecified atom stereocenters. The molecule has 1 N–H and O–H groups in total. The van der Waals surface area contributed by atoms with Gasteiger partial charge in [-0.25, -0.2) is 14.5 Å². The first kappa shape index (κ1) is 22.7. The molecule has 3 aromatic heterocycles. The van der Waals surface area contributed by atoms with E-state index in [1.165, 1.54) is 0 Å². The van der Waals surface area contributed by atoms with Crippen LogP contribution in [0.3, 0.4) is 0 Å². The van der Waals surface area contributed by atoms with Crippen molar-refractivity contribution in [2.24, 2.45) is 0 Å². The normalized spacial score (nSPS) is 13.1.